The first-order valence-corrected chi connectivity index (χ1v) is 17.2. The van der Waals surface area contributed by atoms with Gasteiger partial charge >= 0.3 is 35.8 Å². The smallest absolute Gasteiger partial charge is 0.321 e. The number of esters is 3. The normalized spacial score (nSPS) is 13.2. The number of carbonyl (C=O) groups is 6. The number of nitrogens with one attached hydrogen (secondary N) is 2. The van der Waals surface area contributed by atoms with Crippen molar-refractivity contribution in [3.8, 4) is 17.2 Å². The van der Waals surface area contributed by atoms with E-state index in [9.17, 15) is 28.8 Å². The quantitative estimate of drug-likeness (QED) is 0.0296. The topological polar surface area (TPSA) is 342 Å². The first-order chi connectivity index (χ1) is 27.4. The molecule has 0 spiro atoms. The molecule has 21 nitrogen and oxygen atoms in total. The molecule has 3 rings (SSSR count). The van der Waals surface area contributed by atoms with Gasteiger partial charge in [-0.1, -0.05) is 34.8 Å². The lowest BCUT2D eigenvalue weighted by Gasteiger charge is -2.10. The van der Waals surface area contributed by atoms with Crippen LogP contribution in [0.5, 0.6) is 17.2 Å². The summed E-state index contributed by atoms with van der Waals surface area (Å²) >= 11 is 18.3. The van der Waals surface area contributed by atoms with E-state index in [1.54, 1.807) is 0 Å². The lowest BCUT2D eigenvalue weighted by molar-refractivity contribution is -0.143. The third-order valence-corrected chi connectivity index (χ3v) is 7.51. The van der Waals surface area contributed by atoms with Crippen molar-refractivity contribution in [3.05, 3.63) is 86.4 Å². The van der Waals surface area contributed by atoms with Gasteiger partial charge in [-0.3, -0.25) is 28.8 Å². The van der Waals surface area contributed by atoms with Gasteiger partial charge in [0.1, 0.15) is 35.4 Å². The largest absolute Gasteiger partial charge is 0.480 e. The van der Waals surface area contributed by atoms with E-state index in [4.69, 9.17) is 81.5 Å². The molecular weight excluding hydrogens is 833 g/mol. The van der Waals surface area contributed by atoms with Crippen molar-refractivity contribution in [2.75, 3.05) is 0 Å². The highest BCUT2D eigenvalue weighted by molar-refractivity contribution is 6.31. The third-order valence-electron chi connectivity index (χ3n) is 6.80. The van der Waals surface area contributed by atoms with E-state index in [1.807, 2.05) is 0 Å². The molecule has 3 atom stereocenters. The van der Waals surface area contributed by atoms with Gasteiger partial charge in [0.25, 0.3) is 5.96 Å². The molecule has 3 aromatic carbocycles. The van der Waals surface area contributed by atoms with Gasteiger partial charge in [0.2, 0.25) is 0 Å². The Hall–Kier alpha value is -6.49. The predicted molar refractivity (Wildman–Crippen MR) is 208 cm³/mol. The van der Waals surface area contributed by atoms with Gasteiger partial charge in [0.15, 0.2) is 0 Å². The zero-order chi connectivity index (χ0) is 42.9. The van der Waals surface area contributed by atoms with Gasteiger partial charge < -0.3 is 46.7 Å². The van der Waals surface area contributed by atoms with E-state index in [0.29, 0.717) is 0 Å². The Labute approximate surface area is 342 Å². The number of hydrazone groups is 2. The number of hydrogen-bond donors (Lipinski definition) is 8. The van der Waals surface area contributed by atoms with Gasteiger partial charge in [-0.2, -0.15) is 15.3 Å². The average molecular weight is 865 g/mol. The van der Waals surface area contributed by atoms with Gasteiger partial charge in [-0.15, -0.1) is 5.10 Å². The molecule has 0 aliphatic rings. The fourth-order valence-corrected chi connectivity index (χ4v) is 4.49. The summed E-state index contributed by atoms with van der Waals surface area (Å²) in [4.78, 5) is 70.2. The molecule has 3 aromatic rings. The van der Waals surface area contributed by atoms with E-state index in [2.05, 4.69) is 31.3 Å². The number of carbonyl (C=O) groups excluding carboxylic acids is 3. The highest BCUT2D eigenvalue weighted by Gasteiger charge is 2.21. The molecule has 0 aromatic heterocycles. The van der Waals surface area contributed by atoms with E-state index in [0.717, 1.165) is 18.6 Å². The molecule has 11 N–H and O–H groups in total. The number of ether oxygens (including phenoxy) is 3. The zero-order valence-corrected chi connectivity index (χ0v) is 31.7. The number of guanidine groups is 1. The Bertz CT molecular complexity index is 2170. The van der Waals surface area contributed by atoms with E-state index < -0.39 is 73.2 Å². The maximum atomic E-state index is 12.3. The Morgan fingerprint density at radius 1 is 0.569 bits per heavy atom. The molecule has 0 radical (unpaired) electrons. The van der Waals surface area contributed by atoms with Crippen LogP contribution >= 0.6 is 34.8 Å². The second-order valence-electron chi connectivity index (χ2n) is 11.3. The standard InChI is InChI=1S/C34H32Cl3N9O12/c35-19-3-5-25(56-28(47)10-22(38)31(50)51)17(7-19)14-42-45-34(44-41-13-16-1-2-21(37)9-27(16)58-30(49)12-24(40)33(54)55)46-43-15-18-8-20(36)4-6-26(18)57-29(48)11-23(39)32(52)53/h1-9,13-15,22-24H,10-12,38-40H2,(H,50,51)(H,52,53)(H,54,55)(H2,44,45,46)/b41-13-,42-14-,43-15+. The fraction of sp³-hybridized carbons (Fsp3) is 0.176. The molecule has 0 aliphatic carbocycles. The summed E-state index contributed by atoms with van der Waals surface area (Å²) in [6.07, 6.45) is 1.47. The van der Waals surface area contributed by atoms with E-state index >= 15 is 0 Å². The number of carboxylic acids is 3. The molecule has 3 unspecified atom stereocenters. The maximum absolute atomic E-state index is 12.3. The second-order valence-corrected chi connectivity index (χ2v) is 12.7. The number of benzene rings is 3. The molecule has 0 aliphatic heterocycles. The molecule has 0 saturated heterocycles. The number of nitrogens with zero attached hydrogens (tertiary/aromatic N) is 4. The highest BCUT2D eigenvalue weighted by atomic mass is 35.5. The minimum Gasteiger partial charge on any atom is -0.480 e. The monoisotopic (exact) mass is 863 g/mol. The number of rotatable bonds is 18. The Kier molecular flexibility index (Phi) is 17.6. The van der Waals surface area contributed by atoms with Crippen LogP contribution in [-0.2, 0) is 28.8 Å². The van der Waals surface area contributed by atoms with E-state index in [1.165, 1.54) is 54.6 Å². The van der Waals surface area contributed by atoms with Crippen LogP contribution in [0.2, 0.25) is 15.1 Å². The predicted octanol–water partition coefficient (Wildman–Crippen LogP) is 1.71. The number of nitrogens with two attached hydrogens (primary N) is 3. The molecule has 0 amide bonds. The van der Waals surface area contributed by atoms with Crippen LogP contribution in [0.1, 0.15) is 36.0 Å². The zero-order valence-electron chi connectivity index (χ0n) is 29.5. The number of halogens is 3. The van der Waals surface area contributed by atoms with Crippen LogP contribution in [-0.4, -0.2) is 93.9 Å². The number of aliphatic carboxylic acids is 3. The molecule has 24 heteroatoms. The van der Waals surface area contributed by atoms with Crippen molar-refractivity contribution >= 4 is 95.2 Å². The Morgan fingerprint density at radius 2 is 0.948 bits per heavy atom. The average Bonchev–Trinajstić information content (AvgIpc) is 3.14. The van der Waals surface area contributed by atoms with Crippen LogP contribution in [0, 0.1) is 0 Å². The second kappa shape index (κ2) is 22.3. The Morgan fingerprint density at radius 3 is 1.40 bits per heavy atom. The molecule has 0 saturated carbocycles. The van der Waals surface area contributed by atoms with Gasteiger partial charge in [0, 0.05) is 37.8 Å². The van der Waals surface area contributed by atoms with Gasteiger partial charge in [-0.25, -0.2) is 10.9 Å². The van der Waals surface area contributed by atoms with Crippen LogP contribution in [0.3, 0.4) is 0 Å². The molecule has 306 valence electrons. The number of carboxylic acid groups (broad SMARTS) is 3. The van der Waals surface area contributed by atoms with E-state index in [-0.39, 0.29) is 55.0 Å². The highest BCUT2D eigenvalue weighted by Crippen LogP contribution is 2.24. The SMILES string of the molecule is NC(CC(=O)Oc1ccc(Cl)cc1/C=N\N/C(=N/N=C/c1cc(Cl)ccc1OC(=O)CC(N)C(=O)O)N/N=C\c1ccc(Cl)cc1OC(=O)CC(N)C(=O)O)C(=O)O. The lowest BCUT2D eigenvalue weighted by atomic mass is 10.2. The summed E-state index contributed by atoms with van der Waals surface area (Å²) in [5, 5.41) is 43.6. The summed E-state index contributed by atoms with van der Waals surface area (Å²) in [7, 11) is 0. The number of hydrogen-bond acceptors (Lipinski definition) is 16. The fourth-order valence-electron chi connectivity index (χ4n) is 3.97. The lowest BCUT2D eigenvalue weighted by Crippen LogP contribution is -2.34. The molecular formula is C34H32Cl3N9O12. The first-order valence-electron chi connectivity index (χ1n) is 16.1. The van der Waals surface area contributed by atoms with Crippen molar-refractivity contribution < 1.29 is 58.3 Å². The summed E-state index contributed by atoms with van der Waals surface area (Å²) < 4.78 is 15.7. The van der Waals surface area contributed by atoms with Crippen molar-refractivity contribution in [1.29, 1.82) is 0 Å². The van der Waals surface area contributed by atoms with Gasteiger partial charge in [0.05, 0.1) is 37.9 Å². The Balaban J connectivity index is 1.94. The summed E-state index contributed by atoms with van der Waals surface area (Å²) in [6, 6.07) is 7.74. The van der Waals surface area contributed by atoms with Gasteiger partial charge in [-0.05, 0) is 48.5 Å². The summed E-state index contributed by atoms with van der Waals surface area (Å²) in [5.74, 6) is -7.70. The first kappa shape index (κ1) is 45.9. The minimum atomic E-state index is -1.52. The maximum Gasteiger partial charge on any atom is 0.321 e. The molecule has 0 fully saturated rings. The summed E-state index contributed by atoms with van der Waals surface area (Å²) in [6.45, 7) is 0. The summed E-state index contributed by atoms with van der Waals surface area (Å²) in [5.41, 5.74) is 21.7. The molecule has 58 heavy (non-hydrogen) atoms. The van der Waals surface area contributed by atoms with Crippen molar-refractivity contribution in [1.82, 2.24) is 10.9 Å². The van der Waals surface area contributed by atoms with Crippen LogP contribution in [0.4, 0.5) is 0 Å². The minimum absolute atomic E-state index is 0.0681. The molecule has 0 heterocycles. The van der Waals surface area contributed by atoms with Crippen LogP contribution in [0.25, 0.3) is 0 Å². The van der Waals surface area contributed by atoms with Crippen molar-refractivity contribution in [2.24, 2.45) is 37.6 Å². The van der Waals surface area contributed by atoms with Crippen LogP contribution < -0.4 is 42.3 Å². The van der Waals surface area contributed by atoms with Crippen molar-refractivity contribution in [2.45, 2.75) is 37.4 Å². The third kappa shape index (κ3) is 15.6. The molecule has 0 bridgehead atoms. The van der Waals surface area contributed by atoms with Crippen molar-refractivity contribution in [3.63, 3.8) is 0 Å². The van der Waals surface area contributed by atoms with Crippen LogP contribution in [0.15, 0.2) is 75.0 Å².